The number of esters is 1. The highest BCUT2D eigenvalue weighted by Crippen LogP contribution is 2.30. The van der Waals surface area contributed by atoms with Gasteiger partial charge in [0.1, 0.15) is 17.9 Å². The molecule has 104 valence electrons. The van der Waals surface area contributed by atoms with Gasteiger partial charge in [0.25, 0.3) is 0 Å². The molecule has 1 aliphatic rings. The summed E-state index contributed by atoms with van der Waals surface area (Å²) in [6.07, 6.45) is -1.36. The SMILES string of the molecule is COC(=O)[C@H]1C[C@@H](C)C(O)N1C(=O)OC(C)(C)C. The molecule has 0 aromatic rings. The number of rotatable bonds is 1. The summed E-state index contributed by atoms with van der Waals surface area (Å²) in [5.41, 5.74) is -0.677. The highest BCUT2D eigenvalue weighted by molar-refractivity contribution is 5.82. The lowest BCUT2D eigenvalue weighted by molar-refractivity contribution is -0.148. The Bertz CT molecular complexity index is 336. The Morgan fingerprint density at radius 2 is 1.89 bits per heavy atom. The zero-order valence-corrected chi connectivity index (χ0v) is 11.5. The number of methoxy groups -OCH3 is 1. The van der Waals surface area contributed by atoms with Crippen LogP contribution in [0.15, 0.2) is 0 Å². The number of hydrogen-bond acceptors (Lipinski definition) is 5. The maximum absolute atomic E-state index is 12.0. The summed E-state index contributed by atoms with van der Waals surface area (Å²) in [4.78, 5) is 24.6. The van der Waals surface area contributed by atoms with Crippen molar-refractivity contribution in [1.29, 1.82) is 0 Å². The van der Waals surface area contributed by atoms with E-state index in [1.807, 2.05) is 0 Å². The molecule has 1 unspecified atom stereocenters. The number of carbonyl (C=O) groups is 2. The van der Waals surface area contributed by atoms with E-state index in [0.717, 1.165) is 4.90 Å². The first-order valence-corrected chi connectivity index (χ1v) is 5.94. The predicted octanol–water partition coefficient (Wildman–Crippen LogP) is 1.12. The Labute approximate surface area is 107 Å². The molecular formula is C12H21NO5. The Morgan fingerprint density at radius 3 is 2.33 bits per heavy atom. The van der Waals surface area contributed by atoms with E-state index >= 15 is 0 Å². The minimum atomic E-state index is -1.02. The molecule has 1 rings (SSSR count). The molecule has 3 atom stereocenters. The first-order valence-electron chi connectivity index (χ1n) is 5.94. The summed E-state index contributed by atoms with van der Waals surface area (Å²) >= 11 is 0. The molecule has 1 N–H and O–H groups in total. The highest BCUT2D eigenvalue weighted by atomic mass is 16.6. The average Bonchev–Trinajstić information content (AvgIpc) is 2.52. The van der Waals surface area contributed by atoms with Crippen LogP contribution >= 0.6 is 0 Å². The third kappa shape index (κ3) is 3.13. The molecular weight excluding hydrogens is 238 g/mol. The zero-order chi connectivity index (χ0) is 14.1. The molecule has 1 aliphatic heterocycles. The number of carbonyl (C=O) groups excluding carboxylic acids is 2. The summed E-state index contributed by atoms with van der Waals surface area (Å²) in [5, 5.41) is 9.96. The van der Waals surface area contributed by atoms with Gasteiger partial charge >= 0.3 is 12.1 Å². The summed E-state index contributed by atoms with van der Waals surface area (Å²) in [5.74, 6) is -0.731. The van der Waals surface area contributed by atoms with E-state index in [1.54, 1.807) is 27.7 Å². The number of nitrogens with zero attached hydrogens (tertiary/aromatic N) is 1. The van der Waals surface area contributed by atoms with Gasteiger partial charge in [-0.05, 0) is 27.2 Å². The van der Waals surface area contributed by atoms with Crippen LogP contribution in [0, 0.1) is 5.92 Å². The molecule has 6 heteroatoms. The monoisotopic (exact) mass is 259 g/mol. The molecule has 0 bridgehead atoms. The van der Waals surface area contributed by atoms with E-state index in [2.05, 4.69) is 4.74 Å². The van der Waals surface area contributed by atoms with Gasteiger partial charge in [0.2, 0.25) is 0 Å². The highest BCUT2D eigenvalue weighted by Gasteiger charge is 2.46. The van der Waals surface area contributed by atoms with Crippen molar-refractivity contribution in [2.24, 2.45) is 5.92 Å². The lowest BCUT2D eigenvalue weighted by Gasteiger charge is -2.29. The number of hydrogen-bond donors (Lipinski definition) is 1. The van der Waals surface area contributed by atoms with Crippen LogP contribution in [0.4, 0.5) is 4.79 Å². The molecule has 0 radical (unpaired) electrons. The van der Waals surface area contributed by atoms with Crippen LogP contribution in [0.2, 0.25) is 0 Å². The Morgan fingerprint density at radius 1 is 1.33 bits per heavy atom. The lowest BCUT2D eigenvalue weighted by atomic mass is 10.1. The van der Waals surface area contributed by atoms with Crippen molar-refractivity contribution in [3.05, 3.63) is 0 Å². The van der Waals surface area contributed by atoms with Crippen molar-refractivity contribution in [3.63, 3.8) is 0 Å². The lowest BCUT2D eigenvalue weighted by Crippen LogP contribution is -2.48. The van der Waals surface area contributed by atoms with Crippen LogP contribution in [0.1, 0.15) is 34.1 Å². The minimum Gasteiger partial charge on any atom is -0.467 e. The molecule has 0 spiro atoms. The van der Waals surface area contributed by atoms with Crippen molar-refractivity contribution in [3.8, 4) is 0 Å². The van der Waals surface area contributed by atoms with E-state index in [9.17, 15) is 14.7 Å². The van der Waals surface area contributed by atoms with Gasteiger partial charge in [0.05, 0.1) is 7.11 Å². The molecule has 1 amide bonds. The third-order valence-corrected chi connectivity index (χ3v) is 2.80. The smallest absolute Gasteiger partial charge is 0.413 e. The van der Waals surface area contributed by atoms with Crippen LogP contribution in [0.5, 0.6) is 0 Å². The second-order valence-corrected chi connectivity index (χ2v) is 5.55. The minimum absolute atomic E-state index is 0.193. The van der Waals surface area contributed by atoms with Crippen LogP contribution in [0.25, 0.3) is 0 Å². The van der Waals surface area contributed by atoms with Crippen molar-refractivity contribution < 1.29 is 24.2 Å². The number of likely N-dealkylation sites (tertiary alicyclic amines) is 1. The normalized spacial score (nSPS) is 28.1. The molecule has 18 heavy (non-hydrogen) atoms. The van der Waals surface area contributed by atoms with Gasteiger partial charge in [0.15, 0.2) is 0 Å². The maximum atomic E-state index is 12.0. The van der Waals surface area contributed by atoms with Crippen LogP contribution in [0.3, 0.4) is 0 Å². The summed E-state index contributed by atoms with van der Waals surface area (Å²) in [6.45, 7) is 6.95. The summed E-state index contributed by atoms with van der Waals surface area (Å²) in [7, 11) is 1.25. The van der Waals surface area contributed by atoms with Gasteiger partial charge in [-0.15, -0.1) is 0 Å². The van der Waals surface area contributed by atoms with Gasteiger partial charge in [-0.2, -0.15) is 0 Å². The average molecular weight is 259 g/mol. The number of aliphatic hydroxyl groups is 1. The fourth-order valence-electron chi connectivity index (χ4n) is 1.94. The predicted molar refractivity (Wildman–Crippen MR) is 63.7 cm³/mol. The zero-order valence-electron chi connectivity index (χ0n) is 11.5. The summed E-state index contributed by atoms with van der Waals surface area (Å²) < 4.78 is 9.83. The van der Waals surface area contributed by atoms with E-state index < -0.39 is 29.9 Å². The van der Waals surface area contributed by atoms with E-state index in [4.69, 9.17) is 4.74 Å². The van der Waals surface area contributed by atoms with Gasteiger partial charge in [0, 0.05) is 5.92 Å². The topological polar surface area (TPSA) is 76.1 Å². The van der Waals surface area contributed by atoms with Crippen molar-refractivity contribution in [2.45, 2.75) is 52.0 Å². The molecule has 0 saturated carbocycles. The second-order valence-electron chi connectivity index (χ2n) is 5.55. The van der Waals surface area contributed by atoms with E-state index in [1.165, 1.54) is 7.11 Å². The fraction of sp³-hybridized carbons (Fsp3) is 0.833. The Balaban J connectivity index is 2.88. The van der Waals surface area contributed by atoms with Gasteiger partial charge in [-0.1, -0.05) is 6.92 Å². The molecule has 0 aromatic heterocycles. The molecule has 0 aromatic carbocycles. The molecule has 1 saturated heterocycles. The fourth-order valence-corrected chi connectivity index (χ4v) is 1.94. The Hall–Kier alpha value is -1.30. The Kier molecular flexibility index (Phi) is 4.21. The quantitative estimate of drug-likeness (QED) is 0.714. The van der Waals surface area contributed by atoms with Crippen molar-refractivity contribution in [1.82, 2.24) is 4.90 Å². The van der Waals surface area contributed by atoms with E-state index in [0.29, 0.717) is 6.42 Å². The van der Waals surface area contributed by atoms with Crippen LogP contribution < -0.4 is 0 Å². The van der Waals surface area contributed by atoms with Gasteiger partial charge < -0.3 is 14.6 Å². The van der Waals surface area contributed by atoms with Gasteiger partial charge in [-0.25, -0.2) is 9.59 Å². The largest absolute Gasteiger partial charge is 0.467 e. The van der Waals surface area contributed by atoms with Crippen molar-refractivity contribution in [2.75, 3.05) is 7.11 Å². The van der Waals surface area contributed by atoms with Crippen molar-refractivity contribution >= 4 is 12.1 Å². The second kappa shape index (κ2) is 5.14. The van der Waals surface area contributed by atoms with E-state index in [-0.39, 0.29) is 5.92 Å². The van der Waals surface area contributed by atoms with Crippen LogP contribution in [-0.4, -0.2) is 47.0 Å². The maximum Gasteiger partial charge on any atom is 0.413 e. The molecule has 6 nitrogen and oxygen atoms in total. The van der Waals surface area contributed by atoms with Crippen LogP contribution in [-0.2, 0) is 14.3 Å². The first kappa shape index (κ1) is 14.8. The third-order valence-electron chi connectivity index (χ3n) is 2.80. The number of aliphatic hydroxyl groups excluding tert-OH is 1. The number of ether oxygens (including phenoxy) is 2. The standard InChI is InChI=1S/C12H21NO5/c1-7-6-8(10(15)17-5)13(9(7)14)11(16)18-12(2,3)4/h7-9,14H,6H2,1-5H3/t7-,8-,9?/m1/s1. The molecule has 0 aliphatic carbocycles. The molecule has 1 fully saturated rings. The molecule has 1 heterocycles. The first-order chi connectivity index (χ1) is 8.17. The number of amides is 1. The summed E-state index contributed by atoms with van der Waals surface area (Å²) in [6, 6.07) is -0.783. The van der Waals surface area contributed by atoms with Gasteiger partial charge in [-0.3, -0.25) is 4.90 Å².